The summed E-state index contributed by atoms with van der Waals surface area (Å²) in [5, 5.41) is 0. The van der Waals surface area contributed by atoms with Crippen molar-refractivity contribution in [2.24, 2.45) is 5.73 Å². The van der Waals surface area contributed by atoms with Crippen molar-refractivity contribution < 1.29 is 14.3 Å². The maximum Gasteiger partial charge on any atom is 0.307 e. The third kappa shape index (κ3) is 4.20. The number of methoxy groups -OCH3 is 1. The third-order valence-electron chi connectivity index (χ3n) is 3.94. The lowest BCUT2D eigenvalue weighted by Crippen LogP contribution is -2.40. The zero-order chi connectivity index (χ0) is 15.3. The first-order valence-corrected chi connectivity index (χ1v) is 8.13. The van der Waals surface area contributed by atoms with Gasteiger partial charge < -0.3 is 15.2 Å². The van der Waals surface area contributed by atoms with E-state index in [9.17, 15) is 4.79 Å². The third-order valence-corrected chi connectivity index (χ3v) is 4.43. The summed E-state index contributed by atoms with van der Waals surface area (Å²) in [6.45, 7) is 0.683. The second kappa shape index (κ2) is 7.27. The number of halogens is 1. The highest BCUT2D eigenvalue weighted by Crippen LogP contribution is 2.37. The van der Waals surface area contributed by atoms with Crippen molar-refractivity contribution in [1.29, 1.82) is 0 Å². The van der Waals surface area contributed by atoms with Crippen LogP contribution in [0.3, 0.4) is 0 Å². The van der Waals surface area contributed by atoms with E-state index in [1.54, 1.807) is 0 Å². The highest BCUT2D eigenvalue weighted by Gasteiger charge is 2.33. The van der Waals surface area contributed by atoms with Crippen LogP contribution in [-0.2, 0) is 15.1 Å². The van der Waals surface area contributed by atoms with Gasteiger partial charge in [0, 0.05) is 10.0 Å². The molecule has 0 saturated heterocycles. The number of esters is 1. The quantitative estimate of drug-likeness (QED) is 0.824. The van der Waals surface area contributed by atoms with Gasteiger partial charge in [-0.1, -0.05) is 35.2 Å². The van der Waals surface area contributed by atoms with Crippen LogP contribution in [0.1, 0.15) is 44.1 Å². The van der Waals surface area contributed by atoms with Gasteiger partial charge in [-0.25, -0.2) is 0 Å². The van der Waals surface area contributed by atoms with Crippen molar-refractivity contribution >= 4 is 21.9 Å². The summed E-state index contributed by atoms with van der Waals surface area (Å²) in [7, 11) is 1.39. The average molecular weight is 356 g/mol. The van der Waals surface area contributed by atoms with E-state index in [1.165, 1.54) is 7.11 Å². The topological polar surface area (TPSA) is 61.5 Å². The Morgan fingerprint density at radius 3 is 2.90 bits per heavy atom. The molecule has 0 saturated carbocycles. The minimum Gasteiger partial charge on any atom is -0.493 e. The zero-order valence-corrected chi connectivity index (χ0v) is 13.9. The highest BCUT2D eigenvalue weighted by molar-refractivity contribution is 9.10. The first-order valence-electron chi connectivity index (χ1n) is 7.34. The van der Waals surface area contributed by atoms with Crippen LogP contribution in [-0.4, -0.2) is 19.7 Å². The summed E-state index contributed by atoms with van der Waals surface area (Å²) in [4.78, 5) is 11.8. The molecule has 0 radical (unpaired) electrons. The normalized spacial score (nSPS) is 22.8. The Bertz CT molecular complexity index is 506. The minimum absolute atomic E-state index is 0.163. The molecule has 1 aromatic carbocycles. The summed E-state index contributed by atoms with van der Waals surface area (Å²) in [5.74, 6) is 0.479. The molecule has 1 atom stereocenters. The van der Waals surface area contributed by atoms with Crippen molar-refractivity contribution in [3.8, 4) is 5.75 Å². The van der Waals surface area contributed by atoms with Crippen molar-refractivity contribution in [1.82, 2.24) is 0 Å². The van der Waals surface area contributed by atoms with Gasteiger partial charge in [0.25, 0.3) is 0 Å². The van der Waals surface area contributed by atoms with Crippen molar-refractivity contribution in [3.63, 3.8) is 0 Å². The molecule has 2 N–H and O–H groups in total. The van der Waals surface area contributed by atoms with Gasteiger partial charge in [0.15, 0.2) is 0 Å². The molecular weight excluding hydrogens is 334 g/mol. The van der Waals surface area contributed by atoms with Gasteiger partial charge in [0.05, 0.1) is 25.7 Å². The van der Waals surface area contributed by atoms with Gasteiger partial charge in [-0.3, -0.25) is 4.79 Å². The van der Waals surface area contributed by atoms with E-state index in [0.29, 0.717) is 6.61 Å². The highest BCUT2D eigenvalue weighted by atomic mass is 79.9. The lowest BCUT2D eigenvalue weighted by atomic mass is 9.82. The molecule has 1 aliphatic rings. The molecule has 1 unspecified atom stereocenters. The molecule has 5 heteroatoms. The number of carbonyl (C=O) groups excluding carboxylic acids is 1. The van der Waals surface area contributed by atoms with Crippen LogP contribution in [0.25, 0.3) is 0 Å². The summed E-state index contributed by atoms with van der Waals surface area (Å²) >= 11 is 3.48. The van der Waals surface area contributed by atoms with E-state index >= 15 is 0 Å². The number of carbonyl (C=O) groups is 1. The summed E-state index contributed by atoms with van der Waals surface area (Å²) in [6, 6.07) is 5.81. The van der Waals surface area contributed by atoms with Gasteiger partial charge in [-0.15, -0.1) is 0 Å². The fraction of sp³-hybridized carbons (Fsp3) is 0.562. The Morgan fingerprint density at radius 1 is 1.38 bits per heavy atom. The van der Waals surface area contributed by atoms with Gasteiger partial charge in [0.2, 0.25) is 0 Å². The molecule has 0 amide bonds. The maximum absolute atomic E-state index is 11.8. The number of hydrogen-bond donors (Lipinski definition) is 1. The Kier molecular flexibility index (Phi) is 5.65. The first-order chi connectivity index (χ1) is 10.0. The van der Waals surface area contributed by atoms with Crippen molar-refractivity contribution in [2.75, 3.05) is 13.7 Å². The van der Waals surface area contributed by atoms with Crippen LogP contribution in [0.5, 0.6) is 5.75 Å². The zero-order valence-electron chi connectivity index (χ0n) is 12.4. The Labute approximate surface area is 134 Å². The molecule has 0 bridgehead atoms. The minimum atomic E-state index is -0.746. The monoisotopic (exact) mass is 355 g/mol. The van der Waals surface area contributed by atoms with Gasteiger partial charge in [-0.2, -0.15) is 0 Å². The fourth-order valence-electron chi connectivity index (χ4n) is 2.74. The average Bonchev–Trinajstić information content (AvgIpc) is 2.47. The summed E-state index contributed by atoms with van der Waals surface area (Å²) in [5.41, 5.74) is 6.74. The number of rotatable bonds is 2. The van der Waals surface area contributed by atoms with Gasteiger partial charge in [0.1, 0.15) is 5.75 Å². The van der Waals surface area contributed by atoms with Crippen LogP contribution in [0.4, 0.5) is 0 Å². The van der Waals surface area contributed by atoms with Crippen molar-refractivity contribution in [2.45, 2.75) is 44.1 Å². The van der Waals surface area contributed by atoms with Crippen LogP contribution in [0, 0.1) is 0 Å². The van der Waals surface area contributed by atoms with E-state index in [2.05, 4.69) is 15.9 Å². The molecule has 1 heterocycles. The number of ether oxygens (including phenoxy) is 2. The predicted octanol–water partition coefficient (Wildman–Crippen LogP) is 3.51. The molecule has 1 aromatic rings. The predicted molar refractivity (Wildman–Crippen MR) is 85.2 cm³/mol. The molecule has 116 valence electrons. The summed E-state index contributed by atoms with van der Waals surface area (Å²) < 4.78 is 11.6. The fourth-order valence-corrected chi connectivity index (χ4v) is 3.10. The van der Waals surface area contributed by atoms with Crippen LogP contribution in [0.2, 0.25) is 0 Å². The van der Waals surface area contributed by atoms with Gasteiger partial charge >= 0.3 is 5.97 Å². The lowest BCUT2D eigenvalue weighted by Gasteiger charge is -2.32. The summed E-state index contributed by atoms with van der Waals surface area (Å²) in [6.07, 6.45) is 5.18. The molecule has 0 aromatic heterocycles. The van der Waals surface area contributed by atoms with E-state index < -0.39 is 5.54 Å². The van der Waals surface area contributed by atoms with E-state index in [-0.39, 0.29) is 12.4 Å². The number of fused-ring (bicyclic) bond motifs is 1. The lowest BCUT2D eigenvalue weighted by molar-refractivity contribution is -0.142. The van der Waals surface area contributed by atoms with E-state index in [0.717, 1.165) is 47.9 Å². The number of hydrogen-bond acceptors (Lipinski definition) is 4. The molecule has 2 rings (SSSR count). The second-order valence-electron chi connectivity index (χ2n) is 5.56. The van der Waals surface area contributed by atoms with Crippen LogP contribution < -0.4 is 10.5 Å². The van der Waals surface area contributed by atoms with E-state index in [1.807, 2.05) is 18.2 Å². The Hall–Kier alpha value is -1.07. The van der Waals surface area contributed by atoms with Crippen molar-refractivity contribution in [3.05, 3.63) is 28.2 Å². The van der Waals surface area contributed by atoms with Crippen LogP contribution in [0.15, 0.2) is 22.7 Å². The largest absolute Gasteiger partial charge is 0.493 e. The SMILES string of the molecule is COC(=O)CC1(N)CCCCCCOc2ccc(Br)cc21. The molecule has 4 nitrogen and oxygen atoms in total. The van der Waals surface area contributed by atoms with E-state index in [4.69, 9.17) is 15.2 Å². The molecule has 21 heavy (non-hydrogen) atoms. The van der Waals surface area contributed by atoms with Gasteiger partial charge in [-0.05, 0) is 31.0 Å². The smallest absolute Gasteiger partial charge is 0.307 e. The molecular formula is C16H22BrNO3. The second-order valence-corrected chi connectivity index (χ2v) is 6.48. The number of nitrogens with two attached hydrogens (primary N) is 1. The molecule has 0 spiro atoms. The Balaban J connectivity index is 2.40. The standard InChI is InChI=1S/C16H22BrNO3/c1-20-15(19)11-16(18)8-4-2-3-5-9-21-14-7-6-12(17)10-13(14)16/h6-7,10H,2-5,8-9,11,18H2,1H3. The maximum atomic E-state index is 11.8. The molecule has 0 fully saturated rings. The molecule has 1 aliphatic heterocycles. The number of benzene rings is 1. The first kappa shape index (κ1) is 16.3. The van der Waals surface area contributed by atoms with Crippen LogP contribution >= 0.6 is 15.9 Å². The molecule has 0 aliphatic carbocycles. The Morgan fingerprint density at radius 2 is 2.14 bits per heavy atom.